The van der Waals surface area contributed by atoms with Crippen molar-refractivity contribution in [3.8, 4) is 0 Å². The molecule has 0 aliphatic heterocycles. The molecule has 4 heteroatoms. The van der Waals surface area contributed by atoms with Crippen LogP contribution in [0.4, 0.5) is 0 Å². The van der Waals surface area contributed by atoms with Crippen LogP contribution in [-0.4, -0.2) is 48.8 Å². The molecule has 0 aromatic rings. The number of likely N-dealkylation sites (N-methyl/N-ethyl adjacent to an activating group) is 1. The Hall–Kier alpha value is -0.610. The number of nitrogens with zero attached hydrogens (tertiary/aromatic N) is 1. The van der Waals surface area contributed by atoms with Gasteiger partial charge < -0.3 is 19.5 Å². The molecule has 0 saturated heterocycles. The Morgan fingerprint density at radius 1 is 0.579 bits per heavy atom. The van der Waals surface area contributed by atoms with E-state index in [0.29, 0.717) is 0 Å². The Bertz CT molecular complexity index is 494. The standard InChI is InChI=1S/C34H69NO3/c1-4-5-6-7-8-9-10-11-12-13-14-15-17-20-23-26-29-33(36)32-35(2,3)31-28-25-22-19-16-18-21-24-27-30-34(37)38/h33,36H,4-32H2,1-3H3. The van der Waals surface area contributed by atoms with Gasteiger partial charge in [0.15, 0.2) is 0 Å². The first-order chi connectivity index (χ1) is 18.4. The largest absolute Gasteiger partial charge is 0.550 e. The van der Waals surface area contributed by atoms with E-state index in [0.717, 1.165) is 43.3 Å². The average molecular weight is 540 g/mol. The van der Waals surface area contributed by atoms with Gasteiger partial charge in [0.1, 0.15) is 12.6 Å². The highest BCUT2D eigenvalue weighted by atomic mass is 16.4. The van der Waals surface area contributed by atoms with E-state index in [-0.39, 0.29) is 12.5 Å². The minimum atomic E-state index is -0.918. The van der Waals surface area contributed by atoms with Gasteiger partial charge in [-0.2, -0.15) is 0 Å². The molecular formula is C34H69NO3. The van der Waals surface area contributed by atoms with Crippen molar-refractivity contribution in [2.45, 2.75) is 186 Å². The van der Waals surface area contributed by atoms with Crippen LogP contribution in [0.3, 0.4) is 0 Å². The van der Waals surface area contributed by atoms with E-state index < -0.39 is 5.97 Å². The van der Waals surface area contributed by atoms with E-state index in [1.54, 1.807) is 0 Å². The van der Waals surface area contributed by atoms with Crippen molar-refractivity contribution in [1.29, 1.82) is 0 Å². The highest BCUT2D eigenvalue weighted by Crippen LogP contribution is 2.16. The summed E-state index contributed by atoms with van der Waals surface area (Å²) in [5, 5.41) is 20.9. The molecule has 0 rings (SSSR count). The van der Waals surface area contributed by atoms with Crippen molar-refractivity contribution < 1.29 is 19.5 Å². The molecule has 0 aliphatic rings. The van der Waals surface area contributed by atoms with E-state index in [1.807, 2.05) is 0 Å². The highest BCUT2D eigenvalue weighted by molar-refractivity contribution is 5.64. The van der Waals surface area contributed by atoms with E-state index in [9.17, 15) is 15.0 Å². The van der Waals surface area contributed by atoms with Crippen LogP contribution in [-0.2, 0) is 4.79 Å². The van der Waals surface area contributed by atoms with Gasteiger partial charge in [-0.25, -0.2) is 0 Å². The smallest absolute Gasteiger partial charge is 0.105 e. The first-order valence-corrected chi connectivity index (χ1v) is 17.1. The number of carboxylic acids is 1. The summed E-state index contributed by atoms with van der Waals surface area (Å²) in [6, 6.07) is 0. The van der Waals surface area contributed by atoms with Gasteiger partial charge in [-0.3, -0.25) is 0 Å². The molecule has 0 spiro atoms. The second kappa shape index (κ2) is 27.9. The van der Waals surface area contributed by atoms with Gasteiger partial charge in [0, 0.05) is 5.97 Å². The van der Waals surface area contributed by atoms with Gasteiger partial charge >= 0.3 is 0 Å². The lowest BCUT2D eigenvalue weighted by Crippen LogP contribution is -2.45. The number of aliphatic hydroxyl groups excluding tert-OH is 1. The zero-order chi connectivity index (χ0) is 28.2. The van der Waals surface area contributed by atoms with Crippen molar-refractivity contribution in [3.63, 3.8) is 0 Å². The van der Waals surface area contributed by atoms with E-state index in [2.05, 4.69) is 21.0 Å². The summed E-state index contributed by atoms with van der Waals surface area (Å²) >= 11 is 0. The lowest BCUT2D eigenvalue weighted by Gasteiger charge is -2.32. The second-order valence-electron chi connectivity index (χ2n) is 12.9. The number of hydrogen-bond donors (Lipinski definition) is 1. The molecular weight excluding hydrogens is 470 g/mol. The molecule has 0 aromatic carbocycles. The molecule has 0 heterocycles. The zero-order valence-electron chi connectivity index (χ0n) is 26.3. The fraction of sp³-hybridized carbons (Fsp3) is 0.971. The van der Waals surface area contributed by atoms with Gasteiger partial charge in [-0.15, -0.1) is 0 Å². The topological polar surface area (TPSA) is 60.4 Å². The highest BCUT2D eigenvalue weighted by Gasteiger charge is 2.19. The van der Waals surface area contributed by atoms with Crippen molar-refractivity contribution in [2.75, 3.05) is 27.2 Å². The molecule has 228 valence electrons. The van der Waals surface area contributed by atoms with Crippen LogP contribution in [0.5, 0.6) is 0 Å². The Kier molecular flexibility index (Phi) is 27.5. The molecule has 0 amide bonds. The summed E-state index contributed by atoms with van der Waals surface area (Å²) in [5.41, 5.74) is 0. The molecule has 0 fully saturated rings. The van der Waals surface area contributed by atoms with Crippen LogP contribution in [0, 0.1) is 0 Å². The Morgan fingerprint density at radius 3 is 1.32 bits per heavy atom. The number of hydrogen-bond acceptors (Lipinski definition) is 3. The maximum absolute atomic E-state index is 10.5. The van der Waals surface area contributed by atoms with Gasteiger partial charge in [-0.1, -0.05) is 148 Å². The monoisotopic (exact) mass is 540 g/mol. The lowest BCUT2D eigenvalue weighted by molar-refractivity contribution is -0.893. The number of carbonyl (C=O) groups excluding carboxylic acids is 1. The van der Waals surface area contributed by atoms with Gasteiger partial charge in [0.2, 0.25) is 0 Å². The minimum absolute atomic E-state index is 0.159. The molecule has 1 atom stereocenters. The number of carboxylic acid groups (broad SMARTS) is 1. The Morgan fingerprint density at radius 2 is 0.921 bits per heavy atom. The van der Waals surface area contributed by atoms with Crippen LogP contribution >= 0.6 is 0 Å². The van der Waals surface area contributed by atoms with Crippen molar-refractivity contribution in [2.24, 2.45) is 0 Å². The molecule has 1 unspecified atom stereocenters. The van der Waals surface area contributed by atoms with Crippen molar-refractivity contribution >= 4 is 5.97 Å². The molecule has 1 N–H and O–H groups in total. The average Bonchev–Trinajstić information content (AvgIpc) is 2.86. The molecule has 38 heavy (non-hydrogen) atoms. The number of carbonyl (C=O) groups is 1. The van der Waals surface area contributed by atoms with E-state index in [4.69, 9.17) is 0 Å². The number of rotatable bonds is 31. The van der Waals surface area contributed by atoms with Crippen LogP contribution < -0.4 is 5.11 Å². The summed E-state index contributed by atoms with van der Waals surface area (Å²) in [6.07, 6.45) is 33.8. The quantitative estimate of drug-likeness (QED) is 0.0707. The minimum Gasteiger partial charge on any atom is -0.550 e. The van der Waals surface area contributed by atoms with Crippen LogP contribution in [0.25, 0.3) is 0 Å². The summed E-state index contributed by atoms with van der Waals surface area (Å²) in [7, 11) is 4.53. The fourth-order valence-electron chi connectivity index (χ4n) is 5.73. The third kappa shape index (κ3) is 29.9. The Balaban J connectivity index is 3.41. The number of unbranched alkanes of at least 4 members (excludes halogenated alkanes) is 23. The summed E-state index contributed by atoms with van der Waals surface area (Å²) in [5.74, 6) is -0.918. The second-order valence-corrected chi connectivity index (χ2v) is 12.9. The summed E-state index contributed by atoms with van der Waals surface area (Å²) in [6.45, 7) is 4.32. The third-order valence-corrected chi connectivity index (χ3v) is 8.24. The predicted molar refractivity (Wildman–Crippen MR) is 163 cm³/mol. The number of aliphatic hydroxyl groups is 1. The first kappa shape index (κ1) is 37.4. The normalized spacial score (nSPS) is 12.7. The van der Waals surface area contributed by atoms with Gasteiger partial charge in [0.25, 0.3) is 0 Å². The van der Waals surface area contributed by atoms with Crippen LogP contribution in [0.15, 0.2) is 0 Å². The van der Waals surface area contributed by atoms with Gasteiger partial charge in [-0.05, 0) is 32.1 Å². The zero-order valence-corrected chi connectivity index (χ0v) is 26.3. The van der Waals surface area contributed by atoms with Gasteiger partial charge in [0.05, 0.1) is 20.6 Å². The van der Waals surface area contributed by atoms with Crippen molar-refractivity contribution in [1.82, 2.24) is 0 Å². The van der Waals surface area contributed by atoms with Crippen LogP contribution in [0.2, 0.25) is 0 Å². The molecule has 0 aliphatic carbocycles. The first-order valence-electron chi connectivity index (χ1n) is 17.1. The predicted octanol–water partition coefficient (Wildman–Crippen LogP) is 8.73. The molecule has 0 aromatic heterocycles. The molecule has 4 nitrogen and oxygen atoms in total. The lowest BCUT2D eigenvalue weighted by atomic mass is 10.0. The maximum atomic E-state index is 10.5. The maximum Gasteiger partial charge on any atom is 0.105 e. The third-order valence-electron chi connectivity index (χ3n) is 8.24. The molecule has 0 bridgehead atoms. The van der Waals surface area contributed by atoms with E-state index in [1.165, 1.54) is 141 Å². The number of aliphatic carboxylic acids is 1. The summed E-state index contributed by atoms with van der Waals surface area (Å²) < 4.78 is 0.929. The molecule has 0 saturated carbocycles. The fourth-order valence-corrected chi connectivity index (χ4v) is 5.73. The molecule has 0 radical (unpaired) electrons. The Labute approximate surface area is 239 Å². The van der Waals surface area contributed by atoms with Crippen LogP contribution in [0.1, 0.15) is 180 Å². The number of quaternary nitrogens is 1. The van der Waals surface area contributed by atoms with Crippen molar-refractivity contribution in [3.05, 3.63) is 0 Å². The SMILES string of the molecule is CCCCCCCCCCCCCCCCCCC(O)C[N+](C)(C)CCCCCCCCCCCC(=O)[O-]. The summed E-state index contributed by atoms with van der Waals surface area (Å²) in [4.78, 5) is 10.4. The van der Waals surface area contributed by atoms with E-state index >= 15 is 0 Å².